The van der Waals surface area contributed by atoms with Crippen LogP contribution >= 0.6 is 35.3 Å². The van der Waals surface area contributed by atoms with Crippen LogP contribution in [0.15, 0.2) is 35.3 Å². The number of thiazole rings is 1. The molecule has 2 heterocycles. The minimum Gasteiger partial charge on any atom is -0.369 e. The van der Waals surface area contributed by atoms with Crippen molar-refractivity contribution < 1.29 is 0 Å². The molecular formula is C20H30IN5S. The average molecular weight is 499 g/mol. The molecule has 1 saturated heterocycles. The first-order valence-electron chi connectivity index (χ1n) is 9.30. The van der Waals surface area contributed by atoms with Crippen LogP contribution < -0.4 is 15.5 Å². The van der Waals surface area contributed by atoms with Crippen molar-refractivity contribution >= 4 is 47.0 Å². The topological polar surface area (TPSA) is 52.6 Å². The summed E-state index contributed by atoms with van der Waals surface area (Å²) in [4.78, 5) is 12.9. The lowest BCUT2D eigenvalue weighted by Gasteiger charge is -2.20. The van der Waals surface area contributed by atoms with Crippen LogP contribution in [0.25, 0.3) is 0 Å². The minimum atomic E-state index is 0. The molecule has 148 valence electrons. The second kappa shape index (κ2) is 10.3. The Balaban J connectivity index is 0.00000261. The van der Waals surface area contributed by atoms with Gasteiger partial charge in [-0.15, -0.1) is 35.3 Å². The normalized spacial score (nSPS) is 17.1. The molecule has 1 unspecified atom stereocenters. The number of anilines is 1. The summed E-state index contributed by atoms with van der Waals surface area (Å²) in [6.45, 7) is 9.32. The fraction of sp³-hybridized carbons (Fsp3) is 0.500. The maximum absolute atomic E-state index is 4.76. The average Bonchev–Trinajstić information content (AvgIpc) is 3.26. The molecule has 2 aromatic rings. The van der Waals surface area contributed by atoms with Crippen molar-refractivity contribution in [1.29, 1.82) is 0 Å². The van der Waals surface area contributed by atoms with Gasteiger partial charge in [0, 0.05) is 36.7 Å². The highest BCUT2D eigenvalue weighted by molar-refractivity contribution is 14.0. The SMILES string of the molecule is CN=C(NCc1nc(C(C)C)c(C)s1)NC1CCN(c2ccccc2)C1.I. The number of benzene rings is 1. The van der Waals surface area contributed by atoms with Crippen LogP contribution in [0.3, 0.4) is 0 Å². The number of aromatic nitrogens is 1. The van der Waals surface area contributed by atoms with Crippen LogP contribution in [-0.4, -0.2) is 37.1 Å². The maximum atomic E-state index is 4.76. The molecule has 0 amide bonds. The van der Waals surface area contributed by atoms with Gasteiger partial charge in [-0.25, -0.2) is 4.98 Å². The minimum absolute atomic E-state index is 0. The molecule has 1 aliphatic heterocycles. The molecule has 7 heteroatoms. The molecule has 1 aromatic carbocycles. The van der Waals surface area contributed by atoms with Crippen LogP contribution in [0.4, 0.5) is 5.69 Å². The van der Waals surface area contributed by atoms with E-state index >= 15 is 0 Å². The first-order chi connectivity index (χ1) is 12.6. The molecule has 0 spiro atoms. The second-order valence-corrected chi connectivity index (χ2v) is 8.33. The number of nitrogens with zero attached hydrogens (tertiary/aromatic N) is 3. The lowest BCUT2D eigenvalue weighted by molar-refractivity contribution is 0.648. The number of rotatable bonds is 5. The Kier molecular flexibility index (Phi) is 8.34. The van der Waals surface area contributed by atoms with Gasteiger partial charge in [-0.2, -0.15) is 0 Å². The van der Waals surface area contributed by atoms with Crippen molar-refractivity contribution in [1.82, 2.24) is 15.6 Å². The van der Waals surface area contributed by atoms with E-state index in [1.807, 2.05) is 7.05 Å². The number of halogens is 1. The number of aryl methyl sites for hydroxylation is 1. The lowest BCUT2D eigenvalue weighted by atomic mass is 10.1. The van der Waals surface area contributed by atoms with Gasteiger partial charge in [0.05, 0.1) is 12.2 Å². The Morgan fingerprint density at radius 2 is 2.07 bits per heavy atom. The zero-order valence-corrected chi connectivity index (χ0v) is 19.7. The molecule has 27 heavy (non-hydrogen) atoms. The van der Waals surface area contributed by atoms with Gasteiger partial charge in [0.2, 0.25) is 0 Å². The largest absolute Gasteiger partial charge is 0.369 e. The molecule has 0 saturated carbocycles. The summed E-state index contributed by atoms with van der Waals surface area (Å²) < 4.78 is 0. The van der Waals surface area contributed by atoms with E-state index in [4.69, 9.17) is 4.98 Å². The van der Waals surface area contributed by atoms with E-state index in [0.29, 0.717) is 18.5 Å². The van der Waals surface area contributed by atoms with Crippen LogP contribution in [0.1, 0.15) is 41.8 Å². The molecule has 0 bridgehead atoms. The van der Waals surface area contributed by atoms with Crippen molar-refractivity contribution in [3.63, 3.8) is 0 Å². The second-order valence-electron chi connectivity index (χ2n) is 7.04. The quantitative estimate of drug-likeness (QED) is 0.369. The van der Waals surface area contributed by atoms with Crippen LogP contribution in [-0.2, 0) is 6.54 Å². The Morgan fingerprint density at radius 1 is 1.33 bits per heavy atom. The zero-order valence-electron chi connectivity index (χ0n) is 16.5. The highest BCUT2D eigenvalue weighted by atomic mass is 127. The van der Waals surface area contributed by atoms with Gasteiger partial charge in [-0.3, -0.25) is 4.99 Å². The fourth-order valence-electron chi connectivity index (χ4n) is 3.37. The van der Waals surface area contributed by atoms with Crippen molar-refractivity contribution in [2.75, 3.05) is 25.0 Å². The predicted octanol–water partition coefficient (Wildman–Crippen LogP) is 4.14. The van der Waals surface area contributed by atoms with Gasteiger partial charge < -0.3 is 15.5 Å². The van der Waals surface area contributed by atoms with E-state index < -0.39 is 0 Å². The first kappa shape index (κ1) is 21.9. The van der Waals surface area contributed by atoms with Gasteiger partial charge in [0.15, 0.2) is 5.96 Å². The Morgan fingerprint density at radius 3 is 2.70 bits per heavy atom. The standard InChI is InChI=1S/C20H29N5S.HI/c1-14(2)19-15(3)26-18(24-19)12-22-20(21-4)23-16-10-11-25(13-16)17-8-6-5-7-9-17;/h5-9,14,16H,10-13H2,1-4H3,(H2,21,22,23);1H. The Bertz CT molecular complexity index is 744. The summed E-state index contributed by atoms with van der Waals surface area (Å²) in [7, 11) is 1.83. The summed E-state index contributed by atoms with van der Waals surface area (Å²) in [5, 5.41) is 8.09. The number of hydrogen-bond acceptors (Lipinski definition) is 4. The van der Waals surface area contributed by atoms with Gasteiger partial charge >= 0.3 is 0 Å². The summed E-state index contributed by atoms with van der Waals surface area (Å²) in [6.07, 6.45) is 1.11. The fourth-order valence-corrected chi connectivity index (χ4v) is 4.40. The Hall–Kier alpha value is -1.35. The van der Waals surface area contributed by atoms with E-state index in [0.717, 1.165) is 30.5 Å². The molecule has 0 aliphatic carbocycles. The summed E-state index contributed by atoms with van der Waals surface area (Å²) in [5.74, 6) is 1.32. The van der Waals surface area contributed by atoms with Crippen LogP contribution in [0, 0.1) is 6.92 Å². The number of hydrogen-bond donors (Lipinski definition) is 2. The highest BCUT2D eigenvalue weighted by Gasteiger charge is 2.23. The van der Waals surface area contributed by atoms with Gasteiger partial charge in [-0.05, 0) is 31.4 Å². The molecule has 1 fully saturated rings. The van der Waals surface area contributed by atoms with E-state index in [2.05, 4.69) is 71.6 Å². The number of guanidine groups is 1. The van der Waals surface area contributed by atoms with Crippen molar-refractivity contribution in [3.05, 3.63) is 45.9 Å². The molecule has 1 aliphatic rings. The van der Waals surface area contributed by atoms with E-state index in [1.54, 1.807) is 11.3 Å². The maximum Gasteiger partial charge on any atom is 0.191 e. The third kappa shape index (κ3) is 5.81. The van der Waals surface area contributed by atoms with Gasteiger partial charge in [0.25, 0.3) is 0 Å². The van der Waals surface area contributed by atoms with Crippen molar-refractivity contribution in [2.24, 2.45) is 4.99 Å². The number of nitrogens with one attached hydrogen (secondary N) is 2. The third-order valence-corrected chi connectivity index (χ3v) is 5.69. The zero-order chi connectivity index (χ0) is 18.5. The van der Waals surface area contributed by atoms with Crippen LogP contribution in [0.5, 0.6) is 0 Å². The molecule has 0 radical (unpaired) electrons. The molecule has 5 nitrogen and oxygen atoms in total. The highest BCUT2D eigenvalue weighted by Crippen LogP contribution is 2.24. The van der Waals surface area contributed by atoms with E-state index in [-0.39, 0.29) is 24.0 Å². The third-order valence-electron chi connectivity index (χ3n) is 4.70. The monoisotopic (exact) mass is 499 g/mol. The van der Waals surface area contributed by atoms with Crippen molar-refractivity contribution in [2.45, 2.75) is 45.7 Å². The van der Waals surface area contributed by atoms with E-state index in [9.17, 15) is 0 Å². The number of aliphatic imine (C=N–C) groups is 1. The predicted molar refractivity (Wildman–Crippen MR) is 127 cm³/mol. The molecular weight excluding hydrogens is 469 g/mol. The van der Waals surface area contributed by atoms with Gasteiger partial charge in [-0.1, -0.05) is 32.0 Å². The molecule has 3 rings (SSSR count). The summed E-state index contributed by atoms with van der Waals surface area (Å²) in [6, 6.07) is 11.0. The van der Waals surface area contributed by atoms with Gasteiger partial charge in [0.1, 0.15) is 5.01 Å². The lowest BCUT2D eigenvalue weighted by Crippen LogP contribution is -2.44. The smallest absolute Gasteiger partial charge is 0.191 e. The molecule has 1 aromatic heterocycles. The molecule has 1 atom stereocenters. The van der Waals surface area contributed by atoms with Crippen LogP contribution in [0.2, 0.25) is 0 Å². The van der Waals surface area contributed by atoms with Crippen molar-refractivity contribution in [3.8, 4) is 0 Å². The summed E-state index contributed by atoms with van der Waals surface area (Å²) in [5.41, 5.74) is 2.50. The molecule has 2 N–H and O–H groups in total. The van der Waals surface area contributed by atoms with E-state index in [1.165, 1.54) is 16.3 Å². The number of para-hydroxylation sites is 1. The Labute approximate surface area is 183 Å². The first-order valence-corrected chi connectivity index (χ1v) is 10.1. The summed E-state index contributed by atoms with van der Waals surface area (Å²) >= 11 is 1.77.